The van der Waals surface area contributed by atoms with Crippen molar-refractivity contribution in [1.29, 1.82) is 0 Å². The SMILES string of the molecule is CSCC[C@H](C(=O)Nc1cccc(Cl)c1)N1C(=O)[C@H]2CCCC[C@H]2C1=O. The number of nitrogens with zero attached hydrogens (tertiary/aromatic N) is 1. The number of hydrogen-bond donors (Lipinski definition) is 1. The van der Waals surface area contributed by atoms with Gasteiger partial charge in [-0.2, -0.15) is 11.8 Å². The molecule has 1 aromatic carbocycles. The number of likely N-dealkylation sites (tertiary alicyclic amines) is 1. The predicted molar refractivity (Wildman–Crippen MR) is 104 cm³/mol. The van der Waals surface area contributed by atoms with E-state index in [0.29, 0.717) is 22.9 Å². The fraction of sp³-hybridized carbons (Fsp3) is 0.526. The molecule has 3 amide bonds. The number of nitrogens with one attached hydrogen (secondary N) is 1. The maximum Gasteiger partial charge on any atom is 0.247 e. The summed E-state index contributed by atoms with van der Waals surface area (Å²) in [6.07, 6.45) is 5.83. The zero-order valence-corrected chi connectivity index (χ0v) is 16.3. The molecule has 5 nitrogen and oxygen atoms in total. The molecule has 0 spiro atoms. The van der Waals surface area contributed by atoms with Crippen LogP contribution >= 0.6 is 23.4 Å². The number of amides is 3. The van der Waals surface area contributed by atoms with Crippen molar-refractivity contribution in [2.75, 3.05) is 17.3 Å². The first-order valence-corrected chi connectivity index (χ1v) is 10.7. The Bertz CT molecular complexity index is 688. The summed E-state index contributed by atoms with van der Waals surface area (Å²) >= 11 is 7.57. The van der Waals surface area contributed by atoms with E-state index in [1.54, 1.807) is 36.0 Å². The van der Waals surface area contributed by atoms with E-state index in [2.05, 4.69) is 5.32 Å². The molecule has 140 valence electrons. The molecule has 0 radical (unpaired) electrons. The number of fused-ring (bicyclic) bond motifs is 1. The third kappa shape index (κ3) is 3.91. The highest BCUT2D eigenvalue weighted by atomic mass is 35.5. The molecule has 0 aromatic heterocycles. The molecular weight excluding hydrogens is 372 g/mol. The maximum absolute atomic E-state index is 12.9. The summed E-state index contributed by atoms with van der Waals surface area (Å²) in [5.41, 5.74) is 0.563. The van der Waals surface area contributed by atoms with Gasteiger partial charge in [0.05, 0.1) is 11.8 Å². The van der Waals surface area contributed by atoms with Crippen molar-refractivity contribution in [2.24, 2.45) is 11.8 Å². The van der Waals surface area contributed by atoms with E-state index in [1.807, 2.05) is 6.26 Å². The van der Waals surface area contributed by atoms with Crippen molar-refractivity contribution in [3.63, 3.8) is 0 Å². The van der Waals surface area contributed by atoms with Gasteiger partial charge in [-0.05, 0) is 49.5 Å². The first-order chi connectivity index (χ1) is 12.5. The van der Waals surface area contributed by atoms with Gasteiger partial charge in [0.15, 0.2) is 0 Å². The Morgan fingerprint density at radius 3 is 2.50 bits per heavy atom. The molecule has 2 fully saturated rings. The summed E-state index contributed by atoms with van der Waals surface area (Å²) in [7, 11) is 0. The summed E-state index contributed by atoms with van der Waals surface area (Å²) < 4.78 is 0. The number of imide groups is 1. The molecule has 1 aromatic rings. The van der Waals surface area contributed by atoms with Crippen LogP contribution in [0.25, 0.3) is 0 Å². The van der Waals surface area contributed by atoms with Crippen LogP contribution in [0.4, 0.5) is 5.69 Å². The number of hydrogen-bond acceptors (Lipinski definition) is 4. The van der Waals surface area contributed by atoms with Gasteiger partial charge in [0.25, 0.3) is 0 Å². The van der Waals surface area contributed by atoms with E-state index in [0.717, 1.165) is 25.7 Å². The highest BCUT2D eigenvalue weighted by Crippen LogP contribution is 2.39. The minimum absolute atomic E-state index is 0.174. The van der Waals surface area contributed by atoms with Gasteiger partial charge in [-0.1, -0.05) is 30.5 Å². The summed E-state index contributed by atoms with van der Waals surface area (Å²) in [5, 5.41) is 3.33. The Morgan fingerprint density at radius 1 is 1.27 bits per heavy atom. The van der Waals surface area contributed by atoms with Crippen LogP contribution in [-0.2, 0) is 14.4 Å². The number of anilines is 1. The lowest BCUT2D eigenvalue weighted by Gasteiger charge is -2.26. The molecular formula is C19H23ClN2O3S. The molecule has 26 heavy (non-hydrogen) atoms. The molecule has 0 unspecified atom stereocenters. The van der Waals surface area contributed by atoms with Crippen molar-refractivity contribution in [3.05, 3.63) is 29.3 Å². The zero-order valence-electron chi connectivity index (χ0n) is 14.7. The van der Waals surface area contributed by atoms with Gasteiger partial charge in [-0.15, -0.1) is 0 Å². The van der Waals surface area contributed by atoms with Crippen molar-refractivity contribution >= 4 is 46.8 Å². The zero-order chi connectivity index (χ0) is 18.7. The number of halogens is 1. The molecule has 1 aliphatic carbocycles. The highest BCUT2D eigenvalue weighted by molar-refractivity contribution is 7.98. The molecule has 3 atom stereocenters. The van der Waals surface area contributed by atoms with E-state index in [1.165, 1.54) is 4.90 Å². The van der Waals surface area contributed by atoms with Gasteiger partial charge in [-0.25, -0.2) is 0 Å². The Hall–Kier alpha value is -1.53. The number of thioether (sulfide) groups is 1. The second-order valence-electron chi connectivity index (χ2n) is 6.84. The van der Waals surface area contributed by atoms with E-state index in [-0.39, 0.29) is 29.6 Å². The summed E-state index contributed by atoms with van der Waals surface area (Å²) in [6.45, 7) is 0. The smallest absolute Gasteiger partial charge is 0.247 e. The third-order valence-electron chi connectivity index (χ3n) is 5.18. The van der Waals surface area contributed by atoms with Crippen LogP contribution in [0.3, 0.4) is 0 Å². The molecule has 1 heterocycles. The van der Waals surface area contributed by atoms with Crippen LogP contribution in [0.5, 0.6) is 0 Å². The van der Waals surface area contributed by atoms with E-state index >= 15 is 0 Å². The Balaban J connectivity index is 1.81. The number of benzene rings is 1. The number of carbonyl (C=O) groups excluding carboxylic acids is 3. The van der Waals surface area contributed by atoms with Crippen molar-refractivity contribution < 1.29 is 14.4 Å². The molecule has 7 heteroatoms. The Morgan fingerprint density at radius 2 is 1.92 bits per heavy atom. The second-order valence-corrected chi connectivity index (χ2v) is 8.26. The van der Waals surface area contributed by atoms with Crippen molar-refractivity contribution in [2.45, 2.75) is 38.1 Å². The monoisotopic (exact) mass is 394 g/mol. The molecule has 2 aliphatic rings. The summed E-state index contributed by atoms with van der Waals surface area (Å²) in [5.74, 6) is -0.472. The molecule has 1 saturated heterocycles. The normalized spacial score (nSPS) is 23.7. The average Bonchev–Trinajstić information content (AvgIpc) is 2.87. The van der Waals surface area contributed by atoms with Gasteiger partial charge < -0.3 is 5.32 Å². The first kappa shape index (κ1) is 19.2. The molecule has 3 rings (SSSR count). The van der Waals surface area contributed by atoms with Crippen LogP contribution in [0.1, 0.15) is 32.1 Å². The standard InChI is InChI=1S/C19H23ClN2O3S/c1-26-10-9-16(17(23)21-13-6-4-5-12(20)11-13)22-18(24)14-7-2-3-8-15(14)19(22)25/h4-6,11,14-16H,2-3,7-10H2,1H3,(H,21,23)/t14-,15+,16-/m1/s1. The van der Waals surface area contributed by atoms with Crippen LogP contribution in [0.2, 0.25) is 5.02 Å². The van der Waals surface area contributed by atoms with Crippen LogP contribution in [0.15, 0.2) is 24.3 Å². The highest BCUT2D eigenvalue weighted by Gasteiger charge is 2.51. The van der Waals surface area contributed by atoms with Crippen molar-refractivity contribution in [3.8, 4) is 0 Å². The Kier molecular flexibility index (Phi) is 6.24. The lowest BCUT2D eigenvalue weighted by Crippen LogP contribution is -2.48. The topological polar surface area (TPSA) is 66.5 Å². The summed E-state index contributed by atoms with van der Waals surface area (Å²) in [4.78, 5) is 39.9. The fourth-order valence-electron chi connectivity index (χ4n) is 3.89. The lowest BCUT2D eigenvalue weighted by atomic mass is 9.81. The van der Waals surface area contributed by atoms with Gasteiger partial charge in [0, 0.05) is 10.7 Å². The van der Waals surface area contributed by atoms with E-state index in [4.69, 9.17) is 11.6 Å². The maximum atomic E-state index is 12.9. The molecule has 1 saturated carbocycles. The van der Waals surface area contributed by atoms with Crippen LogP contribution in [-0.4, -0.2) is 40.7 Å². The van der Waals surface area contributed by atoms with Gasteiger partial charge in [-0.3, -0.25) is 19.3 Å². The predicted octanol–water partition coefficient (Wildman–Crippen LogP) is 3.58. The Labute approximate surface area is 162 Å². The minimum Gasteiger partial charge on any atom is -0.324 e. The fourth-order valence-corrected chi connectivity index (χ4v) is 4.54. The second kappa shape index (κ2) is 8.44. The average molecular weight is 395 g/mol. The lowest BCUT2D eigenvalue weighted by molar-refractivity contribution is -0.146. The largest absolute Gasteiger partial charge is 0.324 e. The number of carbonyl (C=O) groups is 3. The molecule has 1 N–H and O–H groups in total. The molecule has 0 bridgehead atoms. The van der Waals surface area contributed by atoms with Gasteiger partial charge in [0.2, 0.25) is 17.7 Å². The van der Waals surface area contributed by atoms with Gasteiger partial charge in [0.1, 0.15) is 6.04 Å². The quantitative estimate of drug-likeness (QED) is 0.749. The van der Waals surface area contributed by atoms with Crippen LogP contribution in [0, 0.1) is 11.8 Å². The van der Waals surface area contributed by atoms with Gasteiger partial charge >= 0.3 is 0 Å². The van der Waals surface area contributed by atoms with Crippen LogP contribution < -0.4 is 5.32 Å². The third-order valence-corrected chi connectivity index (χ3v) is 6.06. The van der Waals surface area contributed by atoms with Crippen molar-refractivity contribution in [1.82, 2.24) is 4.90 Å². The van der Waals surface area contributed by atoms with E-state index in [9.17, 15) is 14.4 Å². The number of rotatable bonds is 6. The minimum atomic E-state index is -0.771. The molecule has 1 aliphatic heterocycles. The summed E-state index contributed by atoms with van der Waals surface area (Å²) in [6, 6.07) is 6.09. The van der Waals surface area contributed by atoms with E-state index < -0.39 is 6.04 Å². The first-order valence-electron chi connectivity index (χ1n) is 8.95.